The lowest BCUT2D eigenvalue weighted by atomic mass is 9.89. The molecule has 0 fully saturated rings. The minimum absolute atomic E-state index is 0.00614. The number of primary amides is 1. The number of halogens is 1. The number of ketones is 1. The largest absolute Gasteiger partial charge is 0.508 e. The number of fused-ring (bicyclic) bond motifs is 4. The summed E-state index contributed by atoms with van der Waals surface area (Å²) in [6.45, 7) is 5.52. The molecular formula is C68H80ClN11O18. The molecule has 6 aromatic rings. The number of amides is 10. The molecule has 522 valence electrons. The van der Waals surface area contributed by atoms with Crippen molar-refractivity contribution in [3.63, 3.8) is 0 Å². The number of nitrogens with two attached hydrogens (primary N) is 1. The van der Waals surface area contributed by atoms with Gasteiger partial charge in [-0.2, -0.15) is 0 Å². The number of nitrogens with one attached hydrogen (secondary N) is 4. The van der Waals surface area contributed by atoms with Gasteiger partial charge in [0.1, 0.15) is 36.1 Å². The molecule has 3 atom stereocenters. The normalized spacial score (nSPS) is 13.9. The molecule has 4 aromatic carbocycles. The number of aromatic hydroxyl groups is 1. The SMILES string of the molecule is Cc1cccc2c(OC(=O)N(CCOCCOCCO)CCN(C)C(=O)OCc3ccc(NC(=O)[C@H](CCCNC(N)=O)CC(=O)[C@@H](NC(=O)OCCOCCN4C(=O)C=CC4=O)C(C)C)cc3)cc3c(c12)[C@H](CCl)CN3C(=O)c1cn2cc(NC(=O)c3ccc(O)cc3)ccc2n1. The second-order valence-corrected chi connectivity index (χ2v) is 23.7. The third-order valence-corrected chi connectivity index (χ3v) is 16.4. The first-order chi connectivity index (χ1) is 47.1. The summed E-state index contributed by atoms with van der Waals surface area (Å²) in [6.07, 6.45) is 3.22. The lowest BCUT2D eigenvalue weighted by Crippen LogP contribution is -2.46. The molecular weight excluding hydrogens is 1290 g/mol. The molecule has 29 nitrogen and oxygen atoms in total. The molecule has 2 aliphatic heterocycles. The first-order valence-corrected chi connectivity index (χ1v) is 32.3. The maximum atomic E-state index is 14.7. The molecule has 0 saturated carbocycles. The fraction of sp³-hybridized carbons (Fsp3) is 0.397. The number of Topliss-reactive ketones (excluding diaryl/α,β-unsaturated/α-hetero) is 1. The van der Waals surface area contributed by atoms with Crippen molar-refractivity contribution in [1.82, 2.24) is 34.7 Å². The van der Waals surface area contributed by atoms with Gasteiger partial charge in [0.2, 0.25) is 5.91 Å². The number of carbonyl (C=O) groups is 10. The molecule has 4 heterocycles. The highest BCUT2D eigenvalue weighted by molar-refractivity contribution is 6.19. The Bertz CT molecular complexity index is 3870. The summed E-state index contributed by atoms with van der Waals surface area (Å²) in [6, 6.07) is 20.9. The molecule has 98 heavy (non-hydrogen) atoms. The van der Waals surface area contributed by atoms with E-state index < -0.39 is 77.5 Å². The molecule has 8 rings (SSSR count). The predicted octanol–water partition coefficient (Wildman–Crippen LogP) is 6.49. The van der Waals surface area contributed by atoms with Crippen LogP contribution in [0.2, 0.25) is 0 Å². The molecule has 10 amide bonds. The molecule has 0 spiro atoms. The molecule has 2 aromatic heterocycles. The Hall–Kier alpha value is -10.2. The summed E-state index contributed by atoms with van der Waals surface area (Å²) < 4.78 is 35.3. The number of aryl methyl sites for hydroxylation is 1. The highest BCUT2D eigenvalue weighted by Gasteiger charge is 2.38. The van der Waals surface area contributed by atoms with E-state index in [4.69, 9.17) is 50.9 Å². The van der Waals surface area contributed by atoms with Gasteiger partial charge in [0.15, 0.2) is 5.78 Å². The molecule has 0 saturated heterocycles. The van der Waals surface area contributed by atoms with Crippen molar-refractivity contribution in [1.29, 1.82) is 0 Å². The number of carbonyl (C=O) groups excluding carboxylic acids is 10. The number of alkyl carbamates (subject to hydrolysis) is 1. The van der Waals surface area contributed by atoms with Crippen molar-refractivity contribution in [3.8, 4) is 11.5 Å². The summed E-state index contributed by atoms with van der Waals surface area (Å²) in [5, 5.41) is 30.8. The number of imidazole rings is 1. The molecule has 0 aliphatic carbocycles. The average molecular weight is 1370 g/mol. The first kappa shape index (κ1) is 73.6. The first-order valence-electron chi connectivity index (χ1n) is 31.8. The Kier molecular flexibility index (Phi) is 26.8. The molecule has 2 aliphatic rings. The highest BCUT2D eigenvalue weighted by atomic mass is 35.5. The number of hydrogen-bond donors (Lipinski definition) is 7. The van der Waals surface area contributed by atoms with E-state index in [-0.39, 0.29) is 147 Å². The van der Waals surface area contributed by atoms with Crippen LogP contribution in [0.25, 0.3) is 16.4 Å². The van der Waals surface area contributed by atoms with Gasteiger partial charge in [-0.25, -0.2) is 24.2 Å². The van der Waals surface area contributed by atoms with Crippen LogP contribution in [-0.4, -0.2) is 205 Å². The van der Waals surface area contributed by atoms with E-state index in [1.165, 1.54) is 41.1 Å². The minimum Gasteiger partial charge on any atom is -0.508 e. The number of urea groups is 1. The van der Waals surface area contributed by atoms with Crippen LogP contribution in [0.5, 0.6) is 11.5 Å². The molecule has 8 N–H and O–H groups in total. The van der Waals surface area contributed by atoms with Crippen LogP contribution in [0.1, 0.15) is 76.6 Å². The van der Waals surface area contributed by atoms with Crippen LogP contribution >= 0.6 is 11.6 Å². The number of benzene rings is 4. The number of ether oxygens (including phenoxy) is 6. The molecule has 0 bridgehead atoms. The van der Waals surface area contributed by atoms with Crippen LogP contribution in [0, 0.1) is 18.8 Å². The molecule has 0 radical (unpaired) electrons. The van der Waals surface area contributed by atoms with Gasteiger partial charge in [0.25, 0.3) is 23.6 Å². The van der Waals surface area contributed by atoms with E-state index in [1.54, 1.807) is 78.0 Å². The van der Waals surface area contributed by atoms with E-state index in [0.29, 0.717) is 39.2 Å². The van der Waals surface area contributed by atoms with Crippen molar-refractivity contribution in [2.24, 2.45) is 17.6 Å². The van der Waals surface area contributed by atoms with E-state index in [0.717, 1.165) is 33.6 Å². The monoisotopic (exact) mass is 1370 g/mol. The maximum absolute atomic E-state index is 14.7. The van der Waals surface area contributed by atoms with Gasteiger partial charge in [0, 0.05) is 111 Å². The zero-order chi connectivity index (χ0) is 70.4. The van der Waals surface area contributed by atoms with E-state index in [1.807, 2.05) is 25.1 Å². The quantitative estimate of drug-likeness (QED) is 0.0127. The Morgan fingerprint density at radius 1 is 0.796 bits per heavy atom. The van der Waals surface area contributed by atoms with Gasteiger partial charge in [-0.3, -0.25) is 33.7 Å². The lowest BCUT2D eigenvalue weighted by molar-refractivity contribution is -0.137. The van der Waals surface area contributed by atoms with E-state index in [9.17, 15) is 53.1 Å². The van der Waals surface area contributed by atoms with Crippen LogP contribution in [0.15, 0.2) is 109 Å². The van der Waals surface area contributed by atoms with E-state index >= 15 is 0 Å². The number of aromatic nitrogens is 2. The van der Waals surface area contributed by atoms with Gasteiger partial charge in [-0.15, -0.1) is 11.6 Å². The van der Waals surface area contributed by atoms with Crippen molar-refractivity contribution >= 4 is 105 Å². The predicted molar refractivity (Wildman–Crippen MR) is 359 cm³/mol. The van der Waals surface area contributed by atoms with Crippen LogP contribution < -0.4 is 36.6 Å². The Morgan fingerprint density at radius 2 is 1.50 bits per heavy atom. The number of aliphatic hydroxyl groups is 1. The van der Waals surface area contributed by atoms with Gasteiger partial charge in [0.05, 0.1) is 70.2 Å². The maximum Gasteiger partial charge on any atom is 0.415 e. The summed E-state index contributed by atoms with van der Waals surface area (Å²) >= 11 is 6.67. The van der Waals surface area contributed by atoms with Gasteiger partial charge >= 0.3 is 24.3 Å². The number of rotatable bonds is 35. The number of phenols is 1. The Balaban J connectivity index is 0.882. The van der Waals surface area contributed by atoms with Crippen molar-refractivity contribution in [3.05, 3.63) is 137 Å². The lowest BCUT2D eigenvalue weighted by Gasteiger charge is -2.26. The average Bonchev–Trinajstić information content (AvgIpc) is 1.54. The summed E-state index contributed by atoms with van der Waals surface area (Å²) in [4.78, 5) is 141. The van der Waals surface area contributed by atoms with Gasteiger partial charge < -0.3 is 84.7 Å². The number of anilines is 3. The summed E-state index contributed by atoms with van der Waals surface area (Å²) in [5.41, 5.74) is 9.52. The number of imide groups is 1. The van der Waals surface area contributed by atoms with Crippen LogP contribution in [-0.2, 0) is 49.5 Å². The topological polar surface area (TPSA) is 371 Å². The Labute approximate surface area is 569 Å². The number of pyridine rings is 1. The van der Waals surface area contributed by atoms with Crippen molar-refractivity contribution in [2.75, 3.05) is 121 Å². The minimum atomic E-state index is -1.04. The second-order valence-electron chi connectivity index (χ2n) is 23.4. The standard InChI is InChI=1S/C68H80ClN11O18/c1-42(2)61(75-66(90)96-34-33-94-29-26-79-57(84)20-21-58(79)85)54(83)35-46(8-6-22-71-65(70)89)63(87)72-48-14-10-44(11-15-48)41-97-67(91)76(4)23-24-77(25-28-93-31-32-95-30-27-81)68(92)98-55-36-53-60(59-43(3)7-5-9-51(55)59)47(37-69)38-80(53)64(88)52-40-78-39-49(16-19-56(78)74-52)73-62(86)45-12-17-50(82)18-13-45/h5,7,9-21,36,39-40,42,46-47,61,81-82H,6,8,22-35,37-38,41H2,1-4H3,(H,72,87)(H,73,86)(H,75,90)(H3,70,71,89)/t46-,47-,61+/m1/s1. The van der Waals surface area contributed by atoms with Crippen molar-refractivity contribution in [2.45, 2.75) is 58.6 Å². The third kappa shape index (κ3) is 20.2. The zero-order valence-electron chi connectivity index (χ0n) is 54.7. The number of aliphatic hydroxyl groups excluding tert-OH is 1. The number of likely N-dealkylation sites (N-methyl/N-ethyl adjacent to an activating group) is 1. The van der Waals surface area contributed by atoms with Crippen molar-refractivity contribution < 1.29 is 86.6 Å². The second kappa shape index (κ2) is 35.7. The van der Waals surface area contributed by atoms with Crippen LogP contribution in [0.4, 0.5) is 36.2 Å². The number of nitrogens with zero attached hydrogens (tertiary/aromatic N) is 6. The zero-order valence-corrected chi connectivity index (χ0v) is 55.5. The number of hydrogen-bond acceptors (Lipinski definition) is 19. The highest BCUT2D eigenvalue weighted by Crippen LogP contribution is 2.47. The number of phenolic OH excluding ortho intramolecular Hbond substituents is 1. The van der Waals surface area contributed by atoms with Gasteiger partial charge in [-0.05, 0) is 96.3 Å². The van der Waals surface area contributed by atoms with Gasteiger partial charge in [-0.1, -0.05) is 44.2 Å². The fourth-order valence-electron chi connectivity index (χ4n) is 10.9. The third-order valence-electron chi connectivity index (χ3n) is 16.1. The van der Waals surface area contributed by atoms with E-state index in [2.05, 4.69) is 26.3 Å². The smallest absolute Gasteiger partial charge is 0.415 e. The number of alkyl halides is 1. The summed E-state index contributed by atoms with van der Waals surface area (Å²) in [5.74, 6) is -4.06. The summed E-state index contributed by atoms with van der Waals surface area (Å²) in [7, 11) is 1.50. The van der Waals surface area contributed by atoms with Crippen LogP contribution in [0.3, 0.4) is 0 Å². The molecule has 0 unspecified atom stereocenters. The Morgan fingerprint density at radius 3 is 2.20 bits per heavy atom. The fourth-order valence-corrected chi connectivity index (χ4v) is 11.2. The molecule has 30 heteroatoms.